The Labute approximate surface area is 168 Å². The van der Waals surface area contributed by atoms with Crippen LogP contribution in [0, 0.1) is 18.8 Å². The molecule has 0 unspecified atom stereocenters. The summed E-state index contributed by atoms with van der Waals surface area (Å²) in [7, 11) is 0. The van der Waals surface area contributed by atoms with Gasteiger partial charge in [0.2, 0.25) is 5.91 Å². The molecule has 1 saturated carbocycles. The number of thiophene rings is 1. The first-order chi connectivity index (χ1) is 13.3. The smallest absolute Gasteiger partial charge is 0.348 e. The second-order valence-corrected chi connectivity index (χ2v) is 8.57. The topological polar surface area (TPSA) is 90.3 Å². The van der Waals surface area contributed by atoms with E-state index in [0.29, 0.717) is 32.5 Å². The van der Waals surface area contributed by atoms with E-state index in [-0.39, 0.29) is 30.7 Å². The first-order valence-electron chi connectivity index (χ1n) is 9.78. The molecule has 3 rings (SSSR count). The van der Waals surface area contributed by atoms with Crippen LogP contribution in [0.25, 0.3) is 10.2 Å². The van der Waals surface area contributed by atoms with Gasteiger partial charge in [-0.15, -0.1) is 11.3 Å². The summed E-state index contributed by atoms with van der Waals surface area (Å²) in [6.07, 6.45) is 4.64. The van der Waals surface area contributed by atoms with Crippen molar-refractivity contribution >= 4 is 33.4 Å². The van der Waals surface area contributed by atoms with Gasteiger partial charge in [-0.1, -0.05) is 26.7 Å². The zero-order chi connectivity index (χ0) is 20.4. The molecule has 8 heteroatoms. The molecule has 2 heterocycles. The minimum Gasteiger partial charge on any atom is -0.462 e. The van der Waals surface area contributed by atoms with Gasteiger partial charge < -0.3 is 10.1 Å². The van der Waals surface area contributed by atoms with Gasteiger partial charge >= 0.3 is 5.97 Å². The first kappa shape index (κ1) is 20.5. The van der Waals surface area contributed by atoms with E-state index in [2.05, 4.69) is 24.1 Å². The number of amides is 1. The Hall–Kier alpha value is -2.22. The Kier molecular flexibility index (Phi) is 6.17. The van der Waals surface area contributed by atoms with Crippen LogP contribution < -0.4 is 10.9 Å². The lowest BCUT2D eigenvalue weighted by Crippen LogP contribution is -2.45. The molecule has 0 aliphatic heterocycles. The number of fused-ring (bicyclic) bond motifs is 1. The number of nitrogens with one attached hydrogen (secondary N) is 1. The molecule has 0 spiro atoms. The van der Waals surface area contributed by atoms with Crippen molar-refractivity contribution in [3.8, 4) is 0 Å². The predicted molar refractivity (Wildman–Crippen MR) is 109 cm³/mol. The summed E-state index contributed by atoms with van der Waals surface area (Å²) in [5.41, 5.74) is 0.245. The maximum absolute atomic E-state index is 12.9. The number of esters is 1. The Bertz CT molecular complexity index is 949. The summed E-state index contributed by atoms with van der Waals surface area (Å²) in [4.78, 5) is 42.6. The van der Waals surface area contributed by atoms with E-state index in [1.807, 2.05) is 0 Å². The normalized spacial score (nSPS) is 22.2. The van der Waals surface area contributed by atoms with Crippen LogP contribution in [-0.4, -0.2) is 34.1 Å². The molecule has 7 nitrogen and oxygen atoms in total. The molecule has 0 radical (unpaired) electrons. The quantitative estimate of drug-likeness (QED) is 0.773. The van der Waals surface area contributed by atoms with Gasteiger partial charge in [-0.3, -0.25) is 14.2 Å². The lowest BCUT2D eigenvalue weighted by molar-refractivity contribution is -0.123. The van der Waals surface area contributed by atoms with Crippen molar-refractivity contribution in [3.05, 3.63) is 27.1 Å². The number of rotatable bonds is 5. The molecule has 0 bridgehead atoms. The molecule has 152 valence electrons. The largest absolute Gasteiger partial charge is 0.462 e. The molecule has 1 amide bonds. The van der Waals surface area contributed by atoms with Crippen molar-refractivity contribution in [2.75, 3.05) is 6.61 Å². The number of hydrogen-bond donors (Lipinski definition) is 1. The van der Waals surface area contributed by atoms with Gasteiger partial charge in [0.05, 0.1) is 18.3 Å². The van der Waals surface area contributed by atoms with Crippen LogP contribution >= 0.6 is 11.3 Å². The van der Waals surface area contributed by atoms with Gasteiger partial charge in [0.25, 0.3) is 5.56 Å². The van der Waals surface area contributed by atoms with Gasteiger partial charge in [0.1, 0.15) is 16.3 Å². The summed E-state index contributed by atoms with van der Waals surface area (Å²) < 4.78 is 6.36. The number of carbonyl (C=O) groups is 2. The van der Waals surface area contributed by atoms with Gasteiger partial charge in [0, 0.05) is 6.04 Å². The summed E-state index contributed by atoms with van der Waals surface area (Å²) in [5.74, 6) is 0.357. The van der Waals surface area contributed by atoms with Crippen LogP contribution in [0.5, 0.6) is 0 Å². The fourth-order valence-corrected chi connectivity index (χ4v) is 4.89. The molecule has 1 fully saturated rings. The monoisotopic (exact) mass is 405 g/mol. The Morgan fingerprint density at radius 3 is 2.82 bits per heavy atom. The van der Waals surface area contributed by atoms with E-state index >= 15 is 0 Å². The van der Waals surface area contributed by atoms with Crippen molar-refractivity contribution in [1.82, 2.24) is 14.9 Å². The second kappa shape index (κ2) is 8.43. The van der Waals surface area contributed by atoms with Gasteiger partial charge in [-0.05, 0) is 37.7 Å². The van der Waals surface area contributed by atoms with Crippen molar-refractivity contribution in [2.45, 2.75) is 59.5 Å². The fourth-order valence-electron chi connectivity index (χ4n) is 3.86. The fraction of sp³-hybridized carbons (Fsp3) is 0.600. The molecular formula is C20H27N3O4S. The van der Waals surface area contributed by atoms with Gasteiger partial charge in [-0.2, -0.15) is 0 Å². The molecule has 2 aromatic heterocycles. The Morgan fingerprint density at radius 2 is 2.11 bits per heavy atom. The van der Waals surface area contributed by atoms with E-state index in [1.54, 1.807) is 13.8 Å². The summed E-state index contributed by atoms with van der Waals surface area (Å²) in [6.45, 7) is 8.01. The average molecular weight is 406 g/mol. The number of nitrogens with zero attached hydrogens (tertiary/aromatic N) is 2. The highest BCUT2D eigenvalue weighted by Gasteiger charge is 2.28. The molecular weight excluding hydrogens is 378 g/mol. The Morgan fingerprint density at radius 1 is 1.36 bits per heavy atom. The van der Waals surface area contributed by atoms with Crippen molar-refractivity contribution < 1.29 is 14.3 Å². The molecule has 0 saturated heterocycles. The third-order valence-corrected chi connectivity index (χ3v) is 6.93. The molecule has 3 atom stereocenters. The maximum Gasteiger partial charge on any atom is 0.348 e. The highest BCUT2D eigenvalue weighted by atomic mass is 32.1. The molecule has 1 N–H and O–H groups in total. The van der Waals surface area contributed by atoms with E-state index in [1.165, 1.54) is 17.3 Å². The first-order valence-corrected chi connectivity index (χ1v) is 10.6. The maximum atomic E-state index is 12.9. The van der Waals surface area contributed by atoms with Crippen LogP contribution in [0.4, 0.5) is 0 Å². The zero-order valence-corrected chi connectivity index (χ0v) is 17.6. The zero-order valence-electron chi connectivity index (χ0n) is 16.8. The number of carbonyl (C=O) groups excluding carboxylic acids is 2. The molecule has 1 aliphatic carbocycles. The molecule has 2 aromatic rings. The SMILES string of the molecule is CCOC(=O)c1sc2ncn(CC(=O)N[C@H]3CCC[C@@H](C)[C@@H]3C)c(=O)c2c1C. The van der Waals surface area contributed by atoms with Crippen LogP contribution in [-0.2, 0) is 16.1 Å². The third kappa shape index (κ3) is 3.97. The standard InChI is InChI=1S/C20H27N3O4S/c1-5-27-20(26)17-13(4)16-18(28-17)21-10-23(19(16)25)9-15(24)22-14-8-6-7-11(2)12(14)3/h10-12,14H,5-9H2,1-4H3,(H,22,24)/t11-,12+,14+/m1/s1. The van der Waals surface area contributed by atoms with E-state index < -0.39 is 5.97 Å². The van der Waals surface area contributed by atoms with Crippen molar-refractivity contribution in [1.29, 1.82) is 0 Å². The minimum absolute atomic E-state index is 0.0800. The molecule has 0 aromatic carbocycles. The van der Waals surface area contributed by atoms with Crippen LogP contribution in [0.2, 0.25) is 0 Å². The lowest BCUT2D eigenvalue weighted by atomic mass is 9.78. The predicted octanol–water partition coefficient (Wildman–Crippen LogP) is 2.88. The number of ether oxygens (including phenoxy) is 1. The highest BCUT2D eigenvalue weighted by molar-refractivity contribution is 7.20. The minimum atomic E-state index is -0.452. The number of aromatic nitrogens is 2. The average Bonchev–Trinajstić information content (AvgIpc) is 2.99. The van der Waals surface area contributed by atoms with Crippen molar-refractivity contribution in [3.63, 3.8) is 0 Å². The van der Waals surface area contributed by atoms with E-state index in [4.69, 9.17) is 4.74 Å². The van der Waals surface area contributed by atoms with Crippen LogP contribution in [0.15, 0.2) is 11.1 Å². The van der Waals surface area contributed by atoms with E-state index in [9.17, 15) is 14.4 Å². The summed E-state index contributed by atoms with van der Waals surface area (Å²) >= 11 is 1.14. The lowest BCUT2D eigenvalue weighted by Gasteiger charge is -2.34. The number of aryl methyl sites for hydroxylation is 1. The number of hydrogen-bond acceptors (Lipinski definition) is 6. The molecule has 28 heavy (non-hydrogen) atoms. The summed E-state index contributed by atoms with van der Waals surface area (Å²) in [5, 5.41) is 3.46. The summed E-state index contributed by atoms with van der Waals surface area (Å²) in [6, 6.07) is 0.141. The van der Waals surface area contributed by atoms with E-state index in [0.717, 1.165) is 24.2 Å². The molecule has 1 aliphatic rings. The Balaban J connectivity index is 1.81. The van der Waals surface area contributed by atoms with Crippen molar-refractivity contribution in [2.24, 2.45) is 11.8 Å². The second-order valence-electron chi connectivity index (χ2n) is 7.58. The van der Waals surface area contributed by atoms with Crippen LogP contribution in [0.3, 0.4) is 0 Å². The highest BCUT2D eigenvalue weighted by Crippen LogP contribution is 2.29. The van der Waals surface area contributed by atoms with Gasteiger partial charge in [-0.25, -0.2) is 9.78 Å². The third-order valence-electron chi connectivity index (χ3n) is 5.75. The van der Waals surface area contributed by atoms with Gasteiger partial charge in [0.15, 0.2) is 0 Å². The van der Waals surface area contributed by atoms with Crippen LogP contribution in [0.1, 0.15) is 55.3 Å².